The summed E-state index contributed by atoms with van der Waals surface area (Å²) in [6.45, 7) is 6.67. The summed E-state index contributed by atoms with van der Waals surface area (Å²) in [6, 6.07) is 9.15. The Morgan fingerprint density at radius 2 is 1.93 bits per heavy atom. The smallest absolute Gasteiger partial charge is 0.0374 e. The van der Waals surface area contributed by atoms with Gasteiger partial charge in [0.2, 0.25) is 0 Å². The van der Waals surface area contributed by atoms with Crippen molar-refractivity contribution in [2.24, 2.45) is 0 Å². The zero-order valence-electron chi connectivity index (χ0n) is 9.51. The number of hydrogen-bond donors (Lipinski definition) is 1. The summed E-state index contributed by atoms with van der Waals surface area (Å²) in [4.78, 5) is 0. The molecule has 1 rings (SSSR count). The van der Waals surface area contributed by atoms with Gasteiger partial charge in [-0.2, -0.15) is 0 Å². The molecule has 78 valence electrons. The van der Waals surface area contributed by atoms with E-state index >= 15 is 0 Å². The second kappa shape index (κ2) is 5.69. The maximum Gasteiger partial charge on any atom is 0.0374 e. The molecule has 1 aromatic carbocycles. The highest BCUT2D eigenvalue weighted by atomic mass is 14.9. The van der Waals surface area contributed by atoms with Crippen molar-refractivity contribution >= 4 is 5.69 Å². The maximum atomic E-state index is 3.56. The monoisotopic (exact) mass is 191 g/mol. The SMILES string of the molecule is CCCC(C)Nc1ccccc1CC. The molecule has 0 aromatic heterocycles. The Balaban J connectivity index is 2.65. The number of aryl methyl sites for hydroxylation is 1. The molecular weight excluding hydrogens is 170 g/mol. The first kappa shape index (κ1) is 11.1. The van der Waals surface area contributed by atoms with Gasteiger partial charge in [0.15, 0.2) is 0 Å². The first-order chi connectivity index (χ1) is 6.77. The van der Waals surface area contributed by atoms with Gasteiger partial charge < -0.3 is 5.32 Å². The molecule has 1 heteroatoms. The van der Waals surface area contributed by atoms with Crippen molar-refractivity contribution in [3.63, 3.8) is 0 Å². The van der Waals surface area contributed by atoms with E-state index in [2.05, 4.69) is 50.4 Å². The van der Waals surface area contributed by atoms with Crippen molar-refractivity contribution in [2.45, 2.75) is 46.1 Å². The number of rotatable bonds is 5. The third kappa shape index (κ3) is 3.06. The van der Waals surface area contributed by atoms with Gasteiger partial charge in [-0.25, -0.2) is 0 Å². The highest BCUT2D eigenvalue weighted by Gasteiger charge is 2.03. The summed E-state index contributed by atoms with van der Waals surface area (Å²) in [6.07, 6.45) is 3.57. The van der Waals surface area contributed by atoms with E-state index in [1.165, 1.54) is 24.1 Å². The van der Waals surface area contributed by atoms with Gasteiger partial charge in [-0.1, -0.05) is 38.5 Å². The molecule has 1 N–H and O–H groups in total. The van der Waals surface area contributed by atoms with Crippen LogP contribution in [0.4, 0.5) is 5.69 Å². The molecule has 0 bridgehead atoms. The Morgan fingerprint density at radius 1 is 1.21 bits per heavy atom. The molecule has 0 spiro atoms. The number of para-hydroxylation sites is 1. The molecule has 0 radical (unpaired) electrons. The average Bonchev–Trinajstić information content (AvgIpc) is 2.19. The predicted molar refractivity (Wildman–Crippen MR) is 63.8 cm³/mol. The van der Waals surface area contributed by atoms with Crippen molar-refractivity contribution in [3.05, 3.63) is 29.8 Å². The van der Waals surface area contributed by atoms with Gasteiger partial charge in [0.25, 0.3) is 0 Å². The quantitative estimate of drug-likeness (QED) is 0.745. The molecule has 1 unspecified atom stereocenters. The second-order valence-corrected chi connectivity index (χ2v) is 3.84. The molecule has 0 heterocycles. The minimum atomic E-state index is 0.577. The van der Waals surface area contributed by atoms with Crippen molar-refractivity contribution < 1.29 is 0 Å². The average molecular weight is 191 g/mol. The Kier molecular flexibility index (Phi) is 4.51. The summed E-state index contributed by atoms with van der Waals surface area (Å²) in [5, 5.41) is 3.56. The minimum Gasteiger partial charge on any atom is -0.382 e. The Labute approximate surface area is 87.5 Å². The highest BCUT2D eigenvalue weighted by molar-refractivity contribution is 5.51. The molecule has 0 aliphatic heterocycles. The number of benzene rings is 1. The van der Waals surface area contributed by atoms with E-state index in [0.717, 1.165) is 6.42 Å². The molecule has 0 saturated carbocycles. The fraction of sp³-hybridized carbons (Fsp3) is 0.538. The van der Waals surface area contributed by atoms with Crippen molar-refractivity contribution in [1.29, 1.82) is 0 Å². The van der Waals surface area contributed by atoms with Gasteiger partial charge in [-0.3, -0.25) is 0 Å². The molecular formula is C13H21N. The largest absolute Gasteiger partial charge is 0.382 e. The molecule has 1 atom stereocenters. The van der Waals surface area contributed by atoms with Gasteiger partial charge in [0, 0.05) is 11.7 Å². The summed E-state index contributed by atoms with van der Waals surface area (Å²) in [5.74, 6) is 0. The van der Waals surface area contributed by atoms with E-state index in [0.29, 0.717) is 6.04 Å². The van der Waals surface area contributed by atoms with E-state index < -0.39 is 0 Å². The van der Waals surface area contributed by atoms with Gasteiger partial charge in [0.05, 0.1) is 0 Å². The van der Waals surface area contributed by atoms with Gasteiger partial charge in [-0.15, -0.1) is 0 Å². The standard InChI is InChI=1S/C13H21N/c1-4-8-11(3)14-13-10-7-6-9-12(13)5-2/h6-7,9-11,14H,4-5,8H2,1-3H3. The van der Waals surface area contributed by atoms with Gasteiger partial charge in [0.1, 0.15) is 0 Å². The number of anilines is 1. The zero-order chi connectivity index (χ0) is 10.4. The lowest BCUT2D eigenvalue weighted by Crippen LogP contribution is -2.15. The molecule has 0 aliphatic carbocycles. The van der Waals surface area contributed by atoms with Gasteiger partial charge in [-0.05, 0) is 31.4 Å². The van der Waals surface area contributed by atoms with E-state index in [-0.39, 0.29) is 0 Å². The topological polar surface area (TPSA) is 12.0 Å². The van der Waals surface area contributed by atoms with Crippen molar-refractivity contribution in [1.82, 2.24) is 0 Å². The highest BCUT2D eigenvalue weighted by Crippen LogP contribution is 2.17. The van der Waals surface area contributed by atoms with Crippen LogP contribution in [0.3, 0.4) is 0 Å². The van der Waals surface area contributed by atoms with Crippen molar-refractivity contribution in [2.75, 3.05) is 5.32 Å². The lowest BCUT2D eigenvalue weighted by Gasteiger charge is -2.16. The van der Waals surface area contributed by atoms with E-state index in [1.807, 2.05) is 0 Å². The normalized spacial score (nSPS) is 12.5. The molecule has 1 aromatic rings. The first-order valence-corrected chi connectivity index (χ1v) is 5.62. The molecule has 14 heavy (non-hydrogen) atoms. The summed E-state index contributed by atoms with van der Waals surface area (Å²) < 4.78 is 0. The van der Waals surface area contributed by atoms with E-state index in [9.17, 15) is 0 Å². The molecule has 0 fully saturated rings. The maximum absolute atomic E-state index is 3.56. The van der Waals surface area contributed by atoms with Crippen molar-refractivity contribution in [3.8, 4) is 0 Å². The zero-order valence-corrected chi connectivity index (χ0v) is 9.51. The lowest BCUT2D eigenvalue weighted by molar-refractivity contribution is 0.689. The fourth-order valence-corrected chi connectivity index (χ4v) is 1.74. The van der Waals surface area contributed by atoms with Gasteiger partial charge >= 0.3 is 0 Å². The lowest BCUT2D eigenvalue weighted by atomic mass is 10.1. The fourth-order valence-electron chi connectivity index (χ4n) is 1.74. The summed E-state index contributed by atoms with van der Waals surface area (Å²) in [7, 11) is 0. The van der Waals surface area contributed by atoms with Crippen LogP contribution < -0.4 is 5.32 Å². The number of nitrogens with one attached hydrogen (secondary N) is 1. The number of hydrogen-bond acceptors (Lipinski definition) is 1. The van der Waals surface area contributed by atoms with Crippen LogP contribution in [0.25, 0.3) is 0 Å². The summed E-state index contributed by atoms with van der Waals surface area (Å²) in [5.41, 5.74) is 2.71. The van der Waals surface area contributed by atoms with Crippen LogP contribution in [0.15, 0.2) is 24.3 Å². The van der Waals surface area contributed by atoms with Crippen LogP contribution in [0.1, 0.15) is 39.2 Å². The molecule has 1 nitrogen and oxygen atoms in total. The van der Waals surface area contributed by atoms with E-state index in [1.54, 1.807) is 0 Å². The first-order valence-electron chi connectivity index (χ1n) is 5.62. The third-order valence-electron chi connectivity index (χ3n) is 2.52. The van der Waals surface area contributed by atoms with Crippen LogP contribution in [0, 0.1) is 0 Å². The second-order valence-electron chi connectivity index (χ2n) is 3.84. The summed E-state index contributed by atoms with van der Waals surface area (Å²) >= 11 is 0. The predicted octanol–water partition coefficient (Wildman–Crippen LogP) is 3.85. The van der Waals surface area contributed by atoms with Crippen LogP contribution >= 0.6 is 0 Å². The Morgan fingerprint density at radius 3 is 2.57 bits per heavy atom. The Hall–Kier alpha value is -0.980. The van der Waals surface area contributed by atoms with Crippen LogP contribution in [0.2, 0.25) is 0 Å². The molecule has 0 aliphatic rings. The van der Waals surface area contributed by atoms with E-state index in [4.69, 9.17) is 0 Å². The minimum absolute atomic E-state index is 0.577. The Bertz CT molecular complexity index is 268. The third-order valence-corrected chi connectivity index (χ3v) is 2.52. The van der Waals surface area contributed by atoms with Crippen LogP contribution in [0.5, 0.6) is 0 Å². The molecule has 0 saturated heterocycles. The van der Waals surface area contributed by atoms with Crippen LogP contribution in [-0.4, -0.2) is 6.04 Å². The molecule has 0 amide bonds. The van der Waals surface area contributed by atoms with Crippen LogP contribution in [-0.2, 0) is 6.42 Å².